The molecule has 0 heterocycles. The molecule has 0 unspecified atom stereocenters. The van der Waals surface area contributed by atoms with Gasteiger partial charge < -0.3 is 5.11 Å². The summed E-state index contributed by atoms with van der Waals surface area (Å²) < 4.78 is 26.0. The number of benzene rings is 1. The van der Waals surface area contributed by atoms with Crippen molar-refractivity contribution >= 4 is 11.7 Å². The van der Waals surface area contributed by atoms with Gasteiger partial charge in [-0.3, -0.25) is 10.1 Å². The maximum absolute atomic E-state index is 13.0. The standard InChI is InChI=1S/C9H7F2NO4/c1-5-4-6(9(10,11)8(13)14)2-3-7(5)12(15)16/h2-4H,1H3,(H,13,14). The van der Waals surface area contributed by atoms with Crippen LogP contribution in [0.1, 0.15) is 11.1 Å². The topological polar surface area (TPSA) is 80.4 Å². The number of alkyl halides is 2. The van der Waals surface area contributed by atoms with Crippen LogP contribution in [0.3, 0.4) is 0 Å². The molecule has 0 amide bonds. The van der Waals surface area contributed by atoms with Crippen molar-refractivity contribution in [1.82, 2.24) is 0 Å². The molecule has 16 heavy (non-hydrogen) atoms. The van der Waals surface area contributed by atoms with Crippen LogP contribution < -0.4 is 0 Å². The number of aliphatic carboxylic acids is 1. The van der Waals surface area contributed by atoms with Crippen LogP contribution in [-0.4, -0.2) is 16.0 Å². The zero-order chi connectivity index (χ0) is 12.5. The van der Waals surface area contributed by atoms with Crippen LogP contribution in [0.4, 0.5) is 14.5 Å². The van der Waals surface area contributed by atoms with Gasteiger partial charge >= 0.3 is 11.9 Å². The molecule has 0 spiro atoms. The molecule has 1 aromatic rings. The Morgan fingerprint density at radius 2 is 2.06 bits per heavy atom. The van der Waals surface area contributed by atoms with Crippen LogP contribution in [0.25, 0.3) is 0 Å². The smallest absolute Gasteiger partial charge is 0.379 e. The van der Waals surface area contributed by atoms with Gasteiger partial charge in [-0.1, -0.05) is 0 Å². The average Bonchev–Trinajstić information content (AvgIpc) is 2.16. The highest BCUT2D eigenvalue weighted by Crippen LogP contribution is 2.31. The van der Waals surface area contributed by atoms with Gasteiger partial charge in [-0.25, -0.2) is 4.79 Å². The number of aryl methyl sites for hydroxylation is 1. The zero-order valence-electron chi connectivity index (χ0n) is 8.11. The number of halogens is 2. The molecule has 86 valence electrons. The maximum atomic E-state index is 13.0. The van der Waals surface area contributed by atoms with E-state index in [9.17, 15) is 23.7 Å². The summed E-state index contributed by atoms with van der Waals surface area (Å²) in [5.41, 5.74) is -1.11. The Kier molecular flexibility index (Phi) is 2.88. The molecule has 1 rings (SSSR count). The Labute approximate surface area is 88.5 Å². The molecule has 0 bridgehead atoms. The SMILES string of the molecule is Cc1cc(C(F)(F)C(=O)O)ccc1[N+](=O)[O-]. The highest BCUT2D eigenvalue weighted by atomic mass is 19.3. The summed E-state index contributed by atoms with van der Waals surface area (Å²) in [6, 6.07) is 2.40. The fourth-order valence-corrected chi connectivity index (χ4v) is 1.18. The van der Waals surface area contributed by atoms with Gasteiger partial charge in [-0.2, -0.15) is 8.78 Å². The Morgan fingerprint density at radius 1 is 1.50 bits per heavy atom. The first-order valence-corrected chi connectivity index (χ1v) is 4.13. The van der Waals surface area contributed by atoms with E-state index in [0.717, 1.165) is 18.2 Å². The van der Waals surface area contributed by atoms with E-state index in [1.807, 2.05) is 0 Å². The summed E-state index contributed by atoms with van der Waals surface area (Å²) >= 11 is 0. The van der Waals surface area contributed by atoms with Crippen molar-refractivity contribution in [2.45, 2.75) is 12.8 Å². The molecule has 1 aromatic carbocycles. The Hall–Kier alpha value is -2.05. The van der Waals surface area contributed by atoms with Crippen molar-refractivity contribution in [1.29, 1.82) is 0 Å². The predicted octanol–water partition coefficient (Wildman–Crippen LogP) is 2.08. The highest BCUT2D eigenvalue weighted by molar-refractivity contribution is 5.77. The molecule has 7 heteroatoms. The zero-order valence-corrected chi connectivity index (χ0v) is 8.11. The first-order valence-electron chi connectivity index (χ1n) is 4.13. The summed E-state index contributed by atoms with van der Waals surface area (Å²) in [5, 5.41) is 18.7. The maximum Gasteiger partial charge on any atom is 0.379 e. The summed E-state index contributed by atoms with van der Waals surface area (Å²) in [6.07, 6.45) is 0. The van der Waals surface area contributed by atoms with E-state index in [-0.39, 0.29) is 11.3 Å². The number of carbonyl (C=O) groups is 1. The molecule has 5 nitrogen and oxygen atoms in total. The summed E-state index contributed by atoms with van der Waals surface area (Å²) in [7, 11) is 0. The minimum Gasteiger partial charge on any atom is -0.477 e. The second-order valence-electron chi connectivity index (χ2n) is 3.14. The monoisotopic (exact) mass is 231 g/mol. The van der Waals surface area contributed by atoms with Crippen molar-refractivity contribution in [3.63, 3.8) is 0 Å². The van der Waals surface area contributed by atoms with Gasteiger partial charge in [0, 0.05) is 17.2 Å². The van der Waals surface area contributed by atoms with Gasteiger partial charge in [0.25, 0.3) is 5.69 Å². The van der Waals surface area contributed by atoms with Crippen LogP contribution in [0.2, 0.25) is 0 Å². The number of nitro groups is 1. The van der Waals surface area contributed by atoms with Crippen molar-refractivity contribution in [3.8, 4) is 0 Å². The van der Waals surface area contributed by atoms with Gasteiger partial charge in [0.15, 0.2) is 0 Å². The van der Waals surface area contributed by atoms with E-state index in [1.165, 1.54) is 6.92 Å². The molecule has 0 fully saturated rings. The first-order chi connectivity index (χ1) is 7.26. The lowest BCUT2D eigenvalue weighted by Crippen LogP contribution is -2.25. The lowest BCUT2D eigenvalue weighted by atomic mass is 10.0. The molecule has 0 atom stereocenters. The van der Waals surface area contributed by atoms with Crippen LogP contribution in [0, 0.1) is 17.0 Å². The van der Waals surface area contributed by atoms with Crippen molar-refractivity contribution in [2.24, 2.45) is 0 Å². The van der Waals surface area contributed by atoms with E-state index in [4.69, 9.17) is 5.11 Å². The van der Waals surface area contributed by atoms with E-state index in [0.29, 0.717) is 0 Å². The van der Waals surface area contributed by atoms with E-state index in [2.05, 4.69) is 0 Å². The second-order valence-corrected chi connectivity index (χ2v) is 3.14. The lowest BCUT2D eigenvalue weighted by molar-refractivity contribution is -0.385. The minimum absolute atomic E-state index is 0.0107. The minimum atomic E-state index is -4.04. The third-order valence-corrected chi connectivity index (χ3v) is 2.02. The van der Waals surface area contributed by atoms with Gasteiger partial charge in [0.05, 0.1) is 4.92 Å². The van der Waals surface area contributed by atoms with Crippen molar-refractivity contribution in [3.05, 3.63) is 39.4 Å². The average molecular weight is 231 g/mol. The molecule has 0 aliphatic rings. The van der Waals surface area contributed by atoms with E-state index >= 15 is 0 Å². The van der Waals surface area contributed by atoms with Crippen molar-refractivity contribution < 1.29 is 23.6 Å². The van der Waals surface area contributed by atoms with Gasteiger partial charge in [0.1, 0.15) is 0 Å². The van der Waals surface area contributed by atoms with Crippen LogP contribution in [0.5, 0.6) is 0 Å². The Bertz CT molecular complexity index is 459. The summed E-state index contributed by atoms with van der Waals surface area (Å²) in [4.78, 5) is 20.0. The molecule has 0 saturated carbocycles. The van der Waals surface area contributed by atoms with Crippen LogP contribution >= 0.6 is 0 Å². The van der Waals surface area contributed by atoms with Crippen LogP contribution in [0.15, 0.2) is 18.2 Å². The lowest BCUT2D eigenvalue weighted by Gasteiger charge is -2.11. The molecule has 1 N–H and O–H groups in total. The number of rotatable bonds is 3. The predicted molar refractivity (Wildman–Crippen MR) is 49.4 cm³/mol. The third-order valence-electron chi connectivity index (χ3n) is 2.02. The van der Waals surface area contributed by atoms with Gasteiger partial charge in [-0.05, 0) is 19.1 Å². The largest absolute Gasteiger partial charge is 0.477 e. The molecule has 0 radical (unpaired) electrons. The molecular weight excluding hydrogens is 224 g/mol. The van der Waals surface area contributed by atoms with E-state index < -0.39 is 22.4 Å². The molecule has 0 aromatic heterocycles. The van der Waals surface area contributed by atoms with Gasteiger partial charge in [-0.15, -0.1) is 0 Å². The number of nitro benzene ring substituents is 1. The van der Waals surface area contributed by atoms with Crippen LogP contribution in [-0.2, 0) is 10.7 Å². The summed E-state index contributed by atoms with van der Waals surface area (Å²) in [6.45, 7) is 1.26. The van der Waals surface area contributed by atoms with Crippen molar-refractivity contribution in [2.75, 3.05) is 0 Å². The fraction of sp³-hybridized carbons (Fsp3) is 0.222. The number of hydrogen-bond acceptors (Lipinski definition) is 3. The van der Waals surface area contributed by atoms with E-state index in [1.54, 1.807) is 0 Å². The summed E-state index contributed by atoms with van der Waals surface area (Å²) in [5.74, 6) is -6.33. The number of nitrogens with zero attached hydrogens (tertiary/aromatic N) is 1. The third kappa shape index (κ3) is 1.97. The second kappa shape index (κ2) is 3.84. The number of hydrogen-bond donors (Lipinski definition) is 1. The highest BCUT2D eigenvalue weighted by Gasteiger charge is 2.41. The molecule has 0 saturated heterocycles. The first kappa shape index (κ1) is 12.0. The number of carboxylic acids is 1. The number of carboxylic acid groups (broad SMARTS) is 1. The molecule has 0 aliphatic carbocycles. The van der Waals surface area contributed by atoms with Gasteiger partial charge in [0.2, 0.25) is 0 Å². The normalized spacial score (nSPS) is 11.2. The Morgan fingerprint density at radius 3 is 2.44 bits per heavy atom. The fourth-order valence-electron chi connectivity index (χ4n) is 1.18. The quantitative estimate of drug-likeness (QED) is 0.637. The molecular formula is C9H7F2NO4. The Balaban J connectivity index is 3.26. The molecule has 0 aliphatic heterocycles.